The number of ether oxygens (including phenoxy) is 1. The lowest BCUT2D eigenvalue weighted by atomic mass is 10.2. The van der Waals surface area contributed by atoms with Crippen molar-refractivity contribution in [3.05, 3.63) is 29.6 Å². The van der Waals surface area contributed by atoms with Crippen LogP contribution in [0.3, 0.4) is 0 Å². The summed E-state index contributed by atoms with van der Waals surface area (Å²) in [6.07, 6.45) is 2.04. The van der Waals surface area contributed by atoms with E-state index in [9.17, 15) is 9.50 Å². The highest BCUT2D eigenvalue weighted by molar-refractivity contribution is 5.28. The summed E-state index contributed by atoms with van der Waals surface area (Å²) in [6, 6.07) is 4.87. The predicted molar refractivity (Wildman–Crippen MR) is 55.4 cm³/mol. The fraction of sp³-hybridized carbons (Fsp3) is 0.500. The van der Waals surface area contributed by atoms with Gasteiger partial charge in [-0.25, -0.2) is 4.39 Å². The molecule has 0 spiro atoms. The molecule has 2 nitrogen and oxygen atoms in total. The van der Waals surface area contributed by atoms with Crippen molar-refractivity contribution in [1.82, 2.24) is 0 Å². The molecule has 2 rings (SSSR count). The Morgan fingerprint density at radius 1 is 1.40 bits per heavy atom. The van der Waals surface area contributed by atoms with Gasteiger partial charge in [0, 0.05) is 12.5 Å². The van der Waals surface area contributed by atoms with Crippen molar-refractivity contribution in [2.45, 2.75) is 38.4 Å². The van der Waals surface area contributed by atoms with Crippen molar-refractivity contribution in [3.8, 4) is 5.75 Å². The van der Waals surface area contributed by atoms with Gasteiger partial charge in [0.2, 0.25) is 0 Å². The number of hydrogen-bond acceptors (Lipinski definition) is 2. The highest BCUT2D eigenvalue weighted by Gasteiger charge is 2.24. The highest BCUT2D eigenvalue weighted by Crippen LogP contribution is 2.25. The average molecular weight is 210 g/mol. The molecule has 1 aromatic carbocycles. The molecule has 1 saturated carbocycles. The first kappa shape index (κ1) is 10.4. The van der Waals surface area contributed by atoms with Crippen LogP contribution in [0.4, 0.5) is 4.39 Å². The van der Waals surface area contributed by atoms with Crippen molar-refractivity contribution in [3.63, 3.8) is 0 Å². The first-order chi connectivity index (χ1) is 7.15. The lowest BCUT2D eigenvalue weighted by molar-refractivity contribution is 0.149. The highest BCUT2D eigenvalue weighted by atomic mass is 19.1. The Morgan fingerprint density at radius 2 is 2.20 bits per heavy atom. The standard InChI is InChI=1S/C12H15FO2/c1-8-2-4-11(7-12(8)13)15-10-5-3-9(14)6-10/h2,4,7,9-10,14H,3,5-6H2,1H3. The summed E-state index contributed by atoms with van der Waals surface area (Å²) < 4.78 is 18.8. The van der Waals surface area contributed by atoms with E-state index in [-0.39, 0.29) is 18.0 Å². The minimum atomic E-state index is -0.259. The molecular weight excluding hydrogens is 195 g/mol. The molecule has 0 aliphatic heterocycles. The zero-order valence-electron chi connectivity index (χ0n) is 8.74. The molecule has 1 fully saturated rings. The normalized spacial score (nSPS) is 25.5. The predicted octanol–water partition coefficient (Wildman–Crippen LogP) is 2.43. The molecule has 0 bridgehead atoms. The van der Waals surface area contributed by atoms with Gasteiger partial charge in [-0.3, -0.25) is 0 Å². The number of aryl methyl sites for hydroxylation is 1. The number of rotatable bonds is 2. The van der Waals surface area contributed by atoms with Gasteiger partial charge in [0.15, 0.2) is 0 Å². The van der Waals surface area contributed by atoms with Crippen molar-refractivity contribution >= 4 is 0 Å². The van der Waals surface area contributed by atoms with Gasteiger partial charge < -0.3 is 9.84 Å². The summed E-state index contributed by atoms with van der Waals surface area (Å²) in [7, 11) is 0. The van der Waals surface area contributed by atoms with Gasteiger partial charge in [-0.05, 0) is 31.4 Å². The van der Waals surface area contributed by atoms with Crippen molar-refractivity contribution in [2.75, 3.05) is 0 Å². The van der Waals surface area contributed by atoms with E-state index in [4.69, 9.17) is 4.74 Å². The maximum Gasteiger partial charge on any atom is 0.129 e. The maximum absolute atomic E-state index is 13.2. The largest absolute Gasteiger partial charge is 0.490 e. The Bertz CT molecular complexity index is 351. The number of aliphatic hydroxyl groups is 1. The van der Waals surface area contributed by atoms with Gasteiger partial charge in [-0.2, -0.15) is 0 Å². The number of halogens is 1. The summed E-state index contributed by atoms with van der Waals surface area (Å²) >= 11 is 0. The summed E-state index contributed by atoms with van der Waals surface area (Å²) in [4.78, 5) is 0. The van der Waals surface area contributed by atoms with Crippen LogP contribution in [-0.2, 0) is 0 Å². The van der Waals surface area contributed by atoms with E-state index < -0.39 is 0 Å². The zero-order valence-corrected chi connectivity index (χ0v) is 8.74. The van der Waals surface area contributed by atoms with E-state index in [1.54, 1.807) is 19.1 Å². The van der Waals surface area contributed by atoms with Crippen LogP contribution in [-0.4, -0.2) is 17.3 Å². The third kappa shape index (κ3) is 2.48. The molecule has 2 unspecified atom stereocenters. The second kappa shape index (κ2) is 4.19. The minimum absolute atomic E-state index is 0.0297. The Kier molecular flexibility index (Phi) is 2.91. The van der Waals surface area contributed by atoms with E-state index in [2.05, 4.69) is 0 Å². The molecule has 0 radical (unpaired) electrons. The Labute approximate surface area is 88.7 Å². The van der Waals surface area contributed by atoms with Crippen molar-refractivity contribution in [2.24, 2.45) is 0 Å². The third-order valence-electron chi connectivity index (χ3n) is 2.80. The van der Waals surface area contributed by atoms with Gasteiger partial charge in [-0.15, -0.1) is 0 Å². The van der Waals surface area contributed by atoms with Crippen LogP contribution < -0.4 is 4.74 Å². The first-order valence-electron chi connectivity index (χ1n) is 5.26. The minimum Gasteiger partial charge on any atom is -0.490 e. The summed E-state index contributed by atoms with van der Waals surface area (Å²) in [6.45, 7) is 1.72. The van der Waals surface area contributed by atoms with Gasteiger partial charge in [-0.1, -0.05) is 6.07 Å². The average Bonchev–Trinajstić information content (AvgIpc) is 2.58. The Hall–Kier alpha value is -1.09. The molecule has 1 aromatic rings. The van der Waals surface area contributed by atoms with Gasteiger partial charge in [0.1, 0.15) is 17.7 Å². The van der Waals surface area contributed by atoms with E-state index in [1.807, 2.05) is 0 Å². The Morgan fingerprint density at radius 3 is 2.80 bits per heavy atom. The zero-order chi connectivity index (χ0) is 10.8. The fourth-order valence-corrected chi connectivity index (χ4v) is 1.86. The molecule has 3 heteroatoms. The number of benzene rings is 1. The van der Waals surface area contributed by atoms with Gasteiger partial charge in [0.05, 0.1) is 6.10 Å². The van der Waals surface area contributed by atoms with E-state index in [1.165, 1.54) is 6.07 Å². The van der Waals surface area contributed by atoms with Crippen LogP contribution in [0.15, 0.2) is 18.2 Å². The number of aliphatic hydroxyl groups excluding tert-OH is 1. The molecule has 0 amide bonds. The molecule has 82 valence electrons. The van der Waals surface area contributed by atoms with Crippen LogP contribution >= 0.6 is 0 Å². The lowest BCUT2D eigenvalue weighted by Gasteiger charge is -2.13. The quantitative estimate of drug-likeness (QED) is 0.812. The van der Waals surface area contributed by atoms with E-state index in [0.29, 0.717) is 17.7 Å². The molecule has 0 saturated heterocycles. The van der Waals surface area contributed by atoms with Gasteiger partial charge >= 0.3 is 0 Å². The molecule has 0 heterocycles. The smallest absolute Gasteiger partial charge is 0.129 e. The SMILES string of the molecule is Cc1ccc(OC2CCC(O)C2)cc1F. The van der Waals surface area contributed by atoms with Crippen LogP contribution in [0.5, 0.6) is 5.75 Å². The first-order valence-corrected chi connectivity index (χ1v) is 5.26. The molecule has 2 atom stereocenters. The summed E-state index contributed by atoms with van der Waals surface area (Å²) in [5, 5.41) is 9.32. The van der Waals surface area contributed by atoms with Crippen molar-refractivity contribution in [1.29, 1.82) is 0 Å². The second-order valence-electron chi connectivity index (χ2n) is 4.12. The van der Waals surface area contributed by atoms with Crippen molar-refractivity contribution < 1.29 is 14.2 Å². The molecule has 1 aliphatic carbocycles. The summed E-state index contributed by atoms with van der Waals surface area (Å²) in [5.41, 5.74) is 0.619. The van der Waals surface area contributed by atoms with Crippen LogP contribution in [0.25, 0.3) is 0 Å². The topological polar surface area (TPSA) is 29.5 Å². The Balaban J connectivity index is 2.02. The molecular formula is C12H15FO2. The van der Waals surface area contributed by atoms with Crippen LogP contribution in [0.1, 0.15) is 24.8 Å². The third-order valence-corrected chi connectivity index (χ3v) is 2.80. The van der Waals surface area contributed by atoms with E-state index >= 15 is 0 Å². The van der Waals surface area contributed by atoms with E-state index in [0.717, 1.165) is 12.8 Å². The molecule has 15 heavy (non-hydrogen) atoms. The van der Waals surface area contributed by atoms with Crippen LogP contribution in [0.2, 0.25) is 0 Å². The van der Waals surface area contributed by atoms with Crippen LogP contribution in [0, 0.1) is 12.7 Å². The number of hydrogen-bond donors (Lipinski definition) is 1. The molecule has 0 aromatic heterocycles. The lowest BCUT2D eigenvalue weighted by Crippen LogP contribution is -2.13. The second-order valence-corrected chi connectivity index (χ2v) is 4.12. The maximum atomic E-state index is 13.2. The van der Waals surface area contributed by atoms with Gasteiger partial charge in [0.25, 0.3) is 0 Å². The molecule has 1 N–H and O–H groups in total. The monoisotopic (exact) mass is 210 g/mol. The molecule has 1 aliphatic rings. The summed E-state index contributed by atoms with van der Waals surface area (Å²) in [5.74, 6) is 0.309. The fourth-order valence-electron chi connectivity index (χ4n) is 1.86.